The lowest BCUT2D eigenvalue weighted by atomic mass is 9.91. The van der Waals surface area contributed by atoms with Crippen molar-refractivity contribution in [3.63, 3.8) is 0 Å². The summed E-state index contributed by atoms with van der Waals surface area (Å²) in [6.45, 7) is 2.32. The Hall–Kier alpha value is -1.92. The average molecular weight is 530 g/mol. The van der Waals surface area contributed by atoms with Crippen LogP contribution in [-0.2, 0) is 4.79 Å². The number of aromatic nitrogens is 1. The van der Waals surface area contributed by atoms with Crippen LogP contribution in [0.5, 0.6) is 0 Å². The Kier molecular flexibility index (Phi) is 10.4. The second-order valence-electron chi connectivity index (χ2n) is 8.08. The molecule has 1 heterocycles. The van der Waals surface area contributed by atoms with Crippen molar-refractivity contribution in [3.05, 3.63) is 64.1 Å². The highest BCUT2D eigenvalue weighted by atomic mass is 35.5. The molecule has 178 valence electrons. The van der Waals surface area contributed by atoms with E-state index in [2.05, 4.69) is 35.0 Å². The first kappa shape index (κ1) is 27.3. The van der Waals surface area contributed by atoms with Gasteiger partial charge >= 0.3 is 0 Å². The molecular formula is C24H28Cl4N4O. The number of anilines is 2. The first-order valence-electron chi connectivity index (χ1n) is 10.6. The van der Waals surface area contributed by atoms with Crippen LogP contribution in [0.3, 0.4) is 0 Å². The van der Waals surface area contributed by atoms with E-state index in [-0.39, 0.29) is 43.3 Å². The molecule has 1 fully saturated rings. The highest BCUT2D eigenvalue weighted by Crippen LogP contribution is 2.26. The van der Waals surface area contributed by atoms with Gasteiger partial charge in [0.15, 0.2) is 0 Å². The number of nitrogens with one attached hydrogen (secondary N) is 3. The molecule has 1 aromatic heterocycles. The number of fused-ring (bicyclic) bond motifs is 1. The highest BCUT2D eigenvalue weighted by molar-refractivity contribution is 6.42. The van der Waals surface area contributed by atoms with E-state index in [0.717, 1.165) is 42.7 Å². The van der Waals surface area contributed by atoms with Gasteiger partial charge in [0, 0.05) is 23.2 Å². The first-order valence-corrected chi connectivity index (χ1v) is 11.3. The van der Waals surface area contributed by atoms with Crippen molar-refractivity contribution in [2.24, 2.45) is 0 Å². The van der Waals surface area contributed by atoms with Gasteiger partial charge in [-0.05, 0) is 68.5 Å². The molecule has 0 spiro atoms. The van der Waals surface area contributed by atoms with E-state index in [9.17, 15) is 4.79 Å². The number of hydrogen-bond donors (Lipinski definition) is 3. The number of hydrogen-bond acceptors (Lipinski definition) is 4. The van der Waals surface area contributed by atoms with Crippen molar-refractivity contribution in [2.75, 3.05) is 17.2 Å². The van der Waals surface area contributed by atoms with Gasteiger partial charge < -0.3 is 16.0 Å². The fourth-order valence-corrected chi connectivity index (χ4v) is 4.38. The van der Waals surface area contributed by atoms with E-state index >= 15 is 0 Å². The minimum Gasteiger partial charge on any atom is -0.376 e. The van der Waals surface area contributed by atoms with Crippen LogP contribution in [0.2, 0.25) is 10.0 Å². The second kappa shape index (κ2) is 12.5. The first-order chi connectivity index (χ1) is 15.0. The van der Waals surface area contributed by atoms with Gasteiger partial charge in [0.1, 0.15) is 5.82 Å². The van der Waals surface area contributed by atoms with Crippen molar-refractivity contribution in [1.29, 1.82) is 0 Å². The Balaban J connectivity index is 0.00000193. The quantitative estimate of drug-likeness (QED) is 0.334. The zero-order chi connectivity index (χ0) is 21.8. The number of benzene rings is 2. The number of nitrogens with zero attached hydrogens (tertiary/aromatic N) is 1. The summed E-state index contributed by atoms with van der Waals surface area (Å²) in [5.74, 6) is 0.906. The summed E-state index contributed by atoms with van der Waals surface area (Å²) >= 11 is 11.9. The number of aryl methyl sites for hydroxylation is 1. The maximum atomic E-state index is 12.3. The molecule has 2 aromatic carbocycles. The van der Waals surface area contributed by atoms with Gasteiger partial charge in [0.25, 0.3) is 0 Å². The summed E-state index contributed by atoms with van der Waals surface area (Å²) in [5, 5.41) is 12.0. The number of halogens is 4. The molecule has 33 heavy (non-hydrogen) atoms. The van der Waals surface area contributed by atoms with Crippen LogP contribution in [0.15, 0.2) is 48.5 Å². The molecule has 0 unspecified atom stereocenters. The number of carbonyl (C=O) groups excluding carboxylic acids is 1. The number of amides is 1. The zero-order valence-corrected chi connectivity index (χ0v) is 21.4. The third-order valence-electron chi connectivity index (χ3n) is 5.74. The Bertz CT molecular complexity index is 1090. The van der Waals surface area contributed by atoms with Crippen LogP contribution in [0.4, 0.5) is 11.5 Å². The van der Waals surface area contributed by atoms with E-state index in [1.807, 2.05) is 18.2 Å². The predicted octanol–water partition coefficient (Wildman–Crippen LogP) is 6.65. The van der Waals surface area contributed by atoms with Crippen LogP contribution in [-0.4, -0.2) is 29.5 Å². The third kappa shape index (κ3) is 7.28. The topological polar surface area (TPSA) is 66.0 Å². The maximum absolute atomic E-state index is 12.3. The standard InChI is InChI=1S/C24H26Cl2N4O.2ClH/c1-15-12-23(30-22-5-3-2-4-19(15)22)28-16-6-8-17(9-7-16)29-24(31)14-27-18-10-11-20(25)21(26)13-18;;/h2-5,10-13,16-17,27H,6-9,14H2,1H3,(H,28,30)(H,29,31);2*1H. The van der Waals surface area contributed by atoms with Crippen molar-refractivity contribution in [1.82, 2.24) is 10.3 Å². The average Bonchev–Trinajstić information content (AvgIpc) is 2.76. The Morgan fingerprint density at radius 2 is 1.67 bits per heavy atom. The van der Waals surface area contributed by atoms with Gasteiger partial charge in [0.2, 0.25) is 5.91 Å². The molecule has 0 aliphatic heterocycles. The number of para-hydroxylation sites is 1. The number of rotatable bonds is 6. The van der Waals surface area contributed by atoms with Gasteiger partial charge in [-0.1, -0.05) is 41.4 Å². The van der Waals surface area contributed by atoms with Gasteiger partial charge in [0.05, 0.1) is 22.1 Å². The van der Waals surface area contributed by atoms with Crippen LogP contribution >= 0.6 is 48.0 Å². The summed E-state index contributed by atoms with van der Waals surface area (Å²) in [5.41, 5.74) is 3.01. The van der Waals surface area contributed by atoms with E-state index in [4.69, 9.17) is 28.2 Å². The molecule has 3 aromatic rings. The smallest absolute Gasteiger partial charge is 0.239 e. The molecular weight excluding hydrogens is 502 g/mol. The lowest BCUT2D eigenvalue weighted by Gasteiger charge is -2.30. The zero-order valence-electron chi connectivity index (χ0n) is 18.2. The van der Waals surface area contributed by atoms with Gasteiger partial charge in [-0.15, -0.1) is 24.8 Å². The van der Waals surface area contributed by atoms with Crippen LogP contribution in [0.1, 0.15) is 31.2 Å². The highest BCUT2D eigenvalue weighted by Gasteiger charge is 2.22. The third-order valence-corrected chi connectivity index (χ3v) is 6.48. The van der Waals surface area contributed by atoms with Crippen molar-refractivity contribution >= 4 is 76.3 Å². The van der Waals surface area contributed by atoms with E-state index in [0.29, 0.717) is 16.1 Å². The normalized spacial score (nSPS) is 17.4. The number of carbonyl (C=O) groups is 1. The Morgan fingerprint density at radius 1 is 0.970 bits per heavy atom. The largest absolute Gasteiger partial charge is 0.376 e. The molecule has 0 saturated heterocycles. The molecule has 0 radical (unpaired) electrons. The molecule has 1 aliphatic rings. The van der Waals surface area contributed by atoms with E-state index < -0.39 is 0 Å². The van der Waals surface area contributed by atoms with Gasteiger partial charge in [-0.25, -0.2) is 4.98 Å². The summed E-state index contributed by atoms with van der Waals surface area (Å²) in [6.07, 6.45) is 3.89. The maximum Gasteiger partial charge on any atom is 0.239 e. The van der Waals surface area contributed by atoms with Crippen molar-refractivity contribution < 1.29 is 4.79 Å². The Morgan fingerprint density at radius 3 is 2.39 bits per heavy atom. The SMILES string of the molecule is Cc1cc(NC2CCC(NC(=O)CNc3ccc(Cl)c(Cl)c3)CC2)nc2ccccc12.Cl.Cl. The predicted molar refractivity (Wildman–Crippen MR) is 144 cm³/mol. The second-order valence-corrected chi connectivity index (χ2v) is 8.90. The van der Waals surface area contributed by atoms with E-state index in [1.54, 1.807) is 18.2 Å². The summed E-state index contributed by atoms with van der Waals surface area (Å²) in [4.78, 5) is 17.1. The molecule has 3 N–H and O–H groups in total. The molecule has 1 aliphatic carbocycles. The molecule has 0 atom stereocenters. The molecule has 0 bridgehead atoms. The molecule has 1 saturated carbocycles. The fourth-order valence-electron chi connectivity index (χ4n) is 4.08. The summed E-state index contributed by atoms with van der Waals surface area (Å²) in [7, 11) is 0. The minimum atomic E-state index is -0.0192. The monoisotopic (exact) mass is 528 g/mol. The van der Waals surface area contributed by atoms with Gasteiger partial charge in [-0.2, -0.15) is 0 Å². The lowest BCUT2D eigenvalue weighted by Crippen LogP contribution is -2.42. The van der Waals surface area contributed by atoms with Crippen LogP contribution in [0, 0.1) is 6.92 Å². The number of pyridine rings is 1. The molecule has 1 amide bonds. The summed E-state index contributed by atoms with van der Waals surface area (Å²) < 4.78 is 0. The summed E-state index contributed by atoms with van der Waals surface area (Å²) in [6, 6.07) is 16.1. The minimum absolute atomic E-state index is 0. The molecule has 5 nitrogen and oxygen atoms in total. The molecule has 9 heteroatoms. The Labute approximate surface area is 216 Å². The van der Waals surface area contributed by atoms with Gasteiger partial charge in [-0.3, -0.25) is 4.79 Å². The van der Waals surface area contributed by atoms with Crippen molar-refractivity contribution in [2.45, 2.75) is 44.7 Å². The molecule has 4 rings (SSSR count). The van der Waals surface area contributed by atoms with Crippen molar-refractivity contribution in [3.8, 4) is 0 Å². The fraction of sp³-hybridized carbons (Fsp3) is 0.333. The van der Waals surface area contributed by atoms with E-state index in [1.165, 1.54) is 10.9 Å². The lowest BCUT2D eigenvalue weighted by molar-refractivity contribution is -0.120. The van der Waals surface area contributed by atoms with Crippen LogP contribution < -0.4 is 16.0 Å². The van der Waals surface area contributed by atoms with Crippen LogP contribution in [0.25, 0.3) is 10.9 Å².